The Morgan fingerprint density at radius 3 is 2.83 bits per heavy atom. The van der Waals surface area contributed by atoms with E-state index in [1.54, 1.807) is 12.3 Å². The molecule has 1 aromatic heterocycles. The number of hydrogen-bond acceptors (Lipinski definition) is 5. The van der Waals surface area contributed by atoms with Crippen LogP contribution in [-0.2, 0) is 4.79 Å². The number of carboxylic acids is 1. The lowest BCUT2D eigenvalue weighted by Gasteiger charge is -2.15. The molecule has 0 bridgehead atoms. The summed E-state index contributed by atoms with van der Waals surface area (Å²) in [5.74, 6) is 0.747. The van der Waals surface area contributed by atoms with Crippen molar-refractivity contribution >= 4 is 17.7 Å². The summed E-state index contributed by atoms with van der Waals surface area (Å²) in [6.07, 6.45) is 3.91. The summed E-state index contributed by atoms with van der Waals surface area (Å²) in [5.41, 5.74) is 5.63. The van der Waals surface area contributed by atoms with Gasteiger partial charge < -0.3 is 15.7 Å². The maximum absolute atomic E-state index is 11.3. The molecule has 2 atom stereocenters. The molecule has 3 N–H and O–H groups in total. The lowest BCUT2D eigenvalue weighted by atomic mass is 9.92. The van der Waals surface area contributed by atoms with E-state index in [-0.39, 0.29) is 11.8 Å². The van der Waals surface area contributed by atoms with Gasteiger partial charge >= 0.3 is 5.97 Å². The average Bonchev–Trinajstić information content (AvgIpc) is 3.07. The van der Waals surface area contributed by atoms with Crippen molar-refractivity contribution in [2.24, 2.45) is 17.8 Å². The van der Waals surface area contributed by atoms with E-state index >= 15 is 0 Å². The van der Waals surface area contributed by atoms with E-state index in [1.165, 1.54) is 0 Å². The molecule has 1 saturated heterocycles. The summed E-state index contributed by atoms with van der Waals surface area (Å²) in [4.78, 5) is 21.6. The zero-order valence-corrected chi connectivity index (χ0v) is 9.99. The molecule has 96 valence electrons. The second kappa shape index (κ2) is 4.12. The van der Waals surface area contributed by atoms with Gasteiger partial charge in [0.2, 0.25) is 5.95 Å². The third-order valence-corrected chi connectivity index (χ3v) is 3.86. The molecule has 0 spiro atoms. The minimum absolute atomic E-state index is 0.229. The van der Waals surface area contributed by atoms with Crippen LogP contribution in [0.25, 0.3) is 0 Å². The summed E-state index contributed by atoms with van der Waals surface area (Å²) >= 11 is 0. The average molecular weight is 248 g/mol. The lowest BCUT2D eigenvalue weighted by molar-refractivity contribution is -0.142. The second-order valence-electron chi connectivity index (χ2n) is 5.13. The molecule has 6 heteroatoms. The predicted molar refractivity (Wildman–Crippen MR) is 66.0 cm³/mol. The van der Waals surface area contributed by atoms with E-state index in [0.29, 0.717) is 24.2 Å². The van der Waals surface area contributed by atoms with Gasteiger partial charge in [0, 0.05) is 19.3 Å². The van der Waals surface area contributed by atoms with Crippen LogP contribution in [0.2, 0.25) is 0 Å². The van der Waals surface area contributed by atoms with E-state index in [0.717, 1.165) is 19.4 Å². The van der Waals surface area contributed by atoms with E-state index in [2.05, 4.69) is 9.97 Å². The highest BCUT2D eigenvalue weighted by Crippen LogP contribution is 2.44. The normalized spacial score (nSPS) is 27.4. The Morgan fingerprint density at radius 2 is 2.22 bits per heavy atom. The number of rotatable bonds is 3. The zero-order chi connectivity index (χ0) is 12.7. The third-order valence-electron chi connectivity index (χ3n) is 3.86. The monoisotopic (exact) mass is 248 g/mol. The molecule has 1 aliphatic heterocycles. The molecule has 18 heavy (non-hydrogen) atoms. The van der Waals surface area contributed by atoms with Gasteiger partial charge in [0.25, 0.3) is 0 Å². The van der Waals surface area contributed by atoms with Crippen molar-refractivity contribution in [2.75, 3.05) is 23.7 Å². The number of anilines is 2. The molecular formula is C12H16N4O2. The topological polar surface area (TPSA) is 92.3 Å². The molecule has 3 rings (SSSR count). The van der Waals surface area contributed by atoms with Crippen LogP contribution < -0.4 is 10.6 Å². The van der Waals surface area contributed by atoms with Gasteiger partial charge in [-0.15, -0.1) is 0 Å². The van der Waals surface area contributed by atoms with Crippen LogP contribution in [0, 0.1) is 17.8 Å². The van der Waals surface area contributed by atoms with Gasteiger partial charge in [-0.2, -0.15) is 4.98 Å². The highest BCUT2D eigenvalue weighted by Gasteiger charge is 2.46. The summed E-state index contributed by atoms with van der Waals surface area (Å²) in [6, 6.07) is 1.63. The fraction of sp³-hybridized carbons (Fsp3) is 0.583. The molecule has 1 saturated carbocycles. The Hall–Kier alpha value is -1.85. The van der Waals surface area contributed by atoms with Crippen molar-refractivity contribution in [1.29, 1.82) is 0 Å². The fourth-order valence-corrected chi connectivity index (χ4v) is 2.77. The van der Waals surface area contributed by atoms with Crippen molar-refractivity contribution in [3.63, 3.8) is 0 Å². The van der Waals surface area contributed by atoms with Crippen molar-refractivity contribution in [3.05, 3.63) is 12.3 Å². The van der Waals surface area contributed by atoms with Gasteiger partial charge in [0.15, 0.2) is 0 Å². The number of hydrogen-bond donors (Lipinski definition) is 2. The molecule has 2 aliphatic rings. The third kappa shape index (κ3) is 1.98. The Morgan fingerprint density at radius 1 is 1.44 bits per heavy atom. The first kappa shape index (κ1) is 11.3. The van der Waals surface area contributed by atoms with Crippen LogP contribution >= 0.6 is 0 Å². The molecule has 1 aromatic rings. The summed E-state index contributed by atoms with van der Waals surface area (Å²) in [7, 11) is 0. The Balaban J connectivity index is 1.81. The molecule has 0 amide bonds. The lowest BCUT2D eigenvalue weighted by Crippen LogP contribution is -2.24. The molecule has 2 fully saturated rings. The summed E-state index contributed by atoms with van der Waals surface area (Å²) < 4.78 is 0. The van der Waals surface area contributed by atoms with Crippen LogP contribution in [0.4, 0.5) is 11.8 Å². The number of carbonyl (C=O) groups is 1. The highest BCUT2D eigenvalue weighted by atomic mass is 16.4. The summed E-state index contributed by atoms with van der Waals surface area (Å²) in [6.45, 7) is 1.21. The van der Waals surface area contributed by atoms with Gasteiger partial charge in [0.1, 0.15) is 5.82 Å². The van der Waals surface area contributed by atoms with Crippen molar-refractivity contribution in [2.45, 2.75) is 12.8 Å². The molecular weight excluding hydrogens is 232 g/mol. The van der Waals surface area contributed by atoms with Crippen molar-refractivity contribution < 1.29 is 9.90 Å². The van der Waals surface area contributed by atoms with Gasteiger partial charge in [0.05, 0.1) is 5.92 Å². The van der Waals surface area contributed by atoms with Gasteiger partial charge in [-0.05, 0) is 30.7 Å². The van der Waals surface area contributed by atoms with Gasteiger partial charge in [-0.1, -0.05) is 0 Å². The Labute approximate surface area is 105 Å². The van der Waals surface area contributed by atoms with Crippen LogP contribution in [0.1, 0.15) is 12.8 Å². The van der Waals surface area contributed by atoms with E-state index < -0.39 is 5.97 Å². The minimum Gasteiger partial charge on any atom is -0.481 e. The molecule has 0 radical (unpaired) electrons. The predicted octanol–water partition coefficient (Wildman–Crippen LogP) is 0.606. The van der Waals surface area contributed by atoms with E-state index in [1.807, 2.05) is 4.90 Å². The van der Waals surface area contributed by atoms with Crippen molar-refractivity contribution in [1.82, 2.24) is 9.97 Å². The van der Waals surface area contributed by atoms with Crippen LogP contribution in [-0.4, -0.2) is 34.1 Å². The second-order valence-corrected chi connectivity index (χ2v) is 5.13. The fourth-order valence-electron chi connectivity index (χ4n) is 2.77. The molecule has 0 unspecified atom stereocenters. The van der Waals surface area contributed by atoms with Crippen molar-refractivity contribution in [3.8, 4) is 0 Å². The molecule has 2 heterocycles. The standard InChI is InChI=1S/C12H16N4O2/c13-10-3-4-14-12(15-10)16-5-8(7-1-2-7)9(6-16)11(17)18/h3-4,7-9H,1-2,5-6H2,(H,17,18)(H2,13,14,15)/t8-,9+/m0/s1. The first-order valence-electron chi connectivity index (χ1n) is 6.21. The number of nitrogens with two attached hydrogens (primary N) is 1. The number of nitrogens with zero attached hydrogens (tertiary/aromatic N) is 3. The maximum atomic E-state index is 11.3. The molecule has 6 nitrogen and oxygen atoms in total. The molecule has 0 aromatic carbocycles. The first-order chi connectivity index (χ1) is 8.65. The first-order valence-corrected chi connectivity index (χ1v) is 6.21. The minimum atomic E-state index is -0.710. The summed E-state index contributed by atoms with van der Waals surface area (Å²) in [5, 5.41) is 9.29. The van der Waals surface area contributed by atoms with Gasteiger partial charge in [-0.25, -0.2) is 4.98 Å². The highest BCUT2D eigenvalue weighted by molar-refractivity contribution is 5.72. The Bertz CT molecular complexity index is 475. The zero-order valence-electron chi connectivity index (χ0n) is 9.99. The Kier molecular flexibility index (Phi) is 2.57. The quantitative estimate of drug-likeness (QED) is 0.814. The number of aliphatic carboxylic acids is 1. The number of nitrogen functional groups attached to an aromatic ring is 1. The van der Waals surface area contributed by atoms with E-state index in [9.17, 15) is 9.90 Å². The smallest absolute Gasteiger partial charge is 0.308 e. The van der Waals surface area contributed by atoms with Crippen LogP contribution in [0.15, 0.2) is 12.3 Å². The largest absolute Gasteiger partial charge is 0.481 e. The van der Waals surface area contributed by atoms with Crippen LogP contribution in [0.3, 0.4) is 0 Å². The maximum Gasteiger partial charge on any atom is 0.308 e. The SMILES string of the molecule is Nc1ccnc(N2C[C@@H](C(=O)O)[C@H](C3CC3)C2)n1. The van der Waals surface area contributed by atoms with Gasteiger partial charge in [-0.3, -0.25) is 4.79 Å². The number of carboxylic acid groups (broad SMARTS) is 1. The van der Waals surface area contributed by atoms with Crippen LogP contribution in [0.5, 0.6) is 0 Å². The molecule has 1 aliphatic carbocycles. The number of aromatic nitrogens is 2. The van der Waals surface area contributed by atoms with E-state index in [4.69, 9.17) is 5.73 Å².